The molecule has 0 bridgehead atoms. The number of ether oxygens (including phenoxy) is 1. The topological polar surface area (TPSA) is 46.5 Å². The molecular weight excluding hydrogens is 228 g/mol. The van der Waals surface area contributed by atoms with Gasteiger partial charge in [0.2, 0.25) is 0 Å². The van der Waals surface area contributed by atoms with Gasteiger partial charge in [0.25, 0.3) is 0 Å². The number of hydrogen-bond donors (Lipinski definition) is 1. The van der Waals surface area contributed by atoms with Gasteiger partial charge in [0, 0.05) is 12.2 Å². The number of aliphatic hydroxyl groups excluding tert-OH is 1. The van der Waals surface area contributed by atoms with Crippen LogP contribution in [0.25, 0.3) is 0 Å². The summed E-state index contributed by atoms with van der Waals surface area (Å²) in [7, 11) is 0. The summed E-state index contributed by atoms with van der Waals surface area (Å²) in [5.41, 5.74) is 0.478. The molecule has 0 aromatic rings. The van der Waals surface area contributed by atoms with Crippen molar-refractivity contribution >= 4 is 5.97 Å². The monoisotopic (exact) mass is 252 g/mol. The molecule has 0 radical (unpaired) electrons. The summed E-state index contributed by atoms with van der Waals surface area (Å²) in [6.07, 6.45) is 6.70. The molecule has 4 atom stereocenters. The lowest BCUT2D eigenvalue weighted by Gasteiger charge is -2.44. The van der Waals surface area contributed by atoms with E-state index in [-0.39, 0.29) is 18.7 Å². The van der Waals surface area contributed by atoms with Crippen LogP contribution in [0.1, 0.15) is 45.4 Å². The molecule has 102 valence electrons. The fourth-order valence-corrected chi connectivity index (χ4v) is 3.68. The minimum absolute atomic E-state index is 0.0438. The van der Waals surface area contributed by atoms with Crippen molar-refractivity contribution in [3.63, 3.8) is 0 Å². The number of esters is 1. The molecule has 2 fully saturated rings. The molecule has 0 heterocycles. The van der Waals surface area contributed by atoms with E-state index < -0.39 is 0 Å². The highest BCUT2D eigenvalue weighted by molar-refractivity contribution is 5.87. The van der Waals surface area contributed by atoms with Crippen LogP contribution in [0.4, 0.5) is 0 Å². The maximum atomic E-state index is 11.7. The number of carbonyl (C=O) groups excluding carboxylic acids is 1. The zero-order valence-corrected chi connectivity index (χ0v) is 11.2. The summed E-state index contributed by atoms with van der Waals surface area (Å²) in [5, 5.41) is 9.46. The molecule has 0 amide bonds. The van der Waals surface area contributed by atoms with Gasteiger partial charge in [0.05, 0.1) is 0 Å². The van der Waals surface area contributed by atoms with Gasteiger partial charge in [0.15, 0.2) is 0 Å². The summed E-state index contributed by atoms with van der Waals surface area (Å²) < 4.78 is 5.59. The second-order valence-electron chi connectivity index (χ2n) is 5.86. The third kappa shape index (κ3) is 2.77. The molecule has 2 aliphatic rings. The Labute approximate surface area is 109 Å². The zero-order valence-electron chi connectivity index (χ0n) is 11.2. The Hall–Kier alpha value is -0.830. The van der Waals surface area contributed by atoms with Gasteiger partial charge in [-0.15, -0.1) is 0 Å². The summed E-state index contributed by atoms with van der Waals surface area (Å²) in [6, 6.07) is 0. The first-order valence-corrected chi connectivity index (χ1v) is 7.10. The fraction of sp³-hybridized carbons (Fsp3) is 0.800. The van der Waals surface area contributed by atoms with Crippen LogP contribution < -0.4 is 0 Å². The van der Waals surface area contributed by atoms with Crippen molar-refractivity contribution in [2.24, 2.45) is 17.8 Å². The third-order valence-corrected chi connectivity index (χ3v) is 4.61. The average molecular weight is 252 g/mol. The summed E-state index contributed by atoms with van der Waals surface area (Å²) in [5.74, 6) is 1.15. The van der Waals surface area contributed by atoms with Crippen LogP contribution in [0.2, 0.25) is 0 Å². The Kier molecular flexibility index (Phi) is 4.44. The van der Waals surface area contributed by atoms with E-state index in [4.69, 9.17) is 4.74 Å². The molecule has 0 aromatic heterocycles. The second-order valence-corrected chi connectivity index (χ2v) is 5.86. The quantitative estimate of drug-likeness (QED) is 0.620. The average Bonchev–Trinajstić information content (AvgIpc) is 2.38. The van der Waals surface area contributed by atoms with Gasteiger partial charge in [-0.2, -0.15) is 0 Å². The van der Waals surface area contributed by atoms with Gasteiger partial charge >= 0.3 is 5.97 Å². The van der Waals surface area contributed by atoms with Crippen molar-refractivity contribution in [1.82, 2.24) is 0 Å². The van der Waals surface area contributed by atoms with E-state index in [9.17, 15) is 9.90 Å². The van der Waals surface area contributed by atoms with Crippen LogP contribution in [0.3, 0.4) is 0 Å². The highest BCUT2D eigenvalue weighted by atomic mass is 16.5. The van der Waals surface area contributed by atoms with E-state index in [0.717, 1.165) is 32.1 Å². The number of rotatable bonds is 3. The first-order chi connectivity index (χ1) is 8.63. The first-order valence-electron chi connectivity index (χ1n) is 7.10. The molecule has 0 aliphatic heterocycles. The minimum atomic E-state index is -0.258. The molecule has 0 saturated heterocycles. The Morgan fingerprint density at radius 3 is 2.56 bits per heavy atom. The molecule has 1 N–H and O–H groups in total. The lowest BCUT2D eigenvalue weighted by Crippen LogP contribution is -2.42. The van der Waals surface area contributed by atoms with Gasteiger partial charge in [-0.25, -0.2) is 4.79 Å². The molecule has 2 saturated carbocycles. The Balaban J connectivity index is 2.03. The Morgan fingerprint density at radius 1 is 1.22 bits per heavy atom. The van der Waals surface area contributed by atoms with E-state index in [1.165, 1.54) is 6.42 Å². The molecule has 3 nitrogen and oxygen atoms in total. The molecule has 2 rings (SSSR count). The van der Waals surface area contributed by atoms with Gasteiger partial charge in [-0.3, -0.25) is 0 Å². The largest absolute Gasteiger partial charge is 0.459 e. The standard InChI is InChI=1S/C15H24O3/c1-10(2)15(17)18-14-8-4-6-12-11(9-16)5-3-7-13(12)14/h11-14,16H,1,3-9H2,2H3. The lowest BCUT2D eigenvalue weighted by atomic mass is 9.64. The molecular formula is C15H24O3. The van der Waals surface area contributed by atoms with E-state index >= 15 is 0 Å². The van der Waals surface area contributed by atoms with Crippen LogP contribution in [-0.2, 0) is 9.53 Å². The van der Waals surface area contributed by atoms with Crippen molar-refractivity contribution in [1.29, 1.82) is 0 Å². The molecule has 0 aromatic carbocycles. The summed E-state index contributed by atoms with van der Waals surface area (Å²) in [6.45, 7) is 5.62. The predicted octanol–water partition coefficient (Wildman–Crippen LogP) is 2.68. The zero-order chi connectivity index (χ0) is 13.1. The van der Waals surface area contributed by atoms with E-state index in [0.29, 0.717) is 23.3 Å². The third-order valence-electron chi connectivity index (χ3n) is 4.61. The van der Waals surface area contributed by atoms with Gasteiger partial charge in [0.1, 0.15) is 6.10 Å². The SMILES string of the molecule is C=C(C)C(=O)OC1CCCC2C(CO)CCCC12. The van der Waals surface area contributed by atoms with Crippen molar-refractivity contribution in [2.45, 2.75) is 51.6 Å². The Bertz CT molecular complexity index is 324. The van der Waals surface area contributed by atoms with Crippen LogP contribution in [0, 0.1) is 17.8 Å². The van der Waals surface area contributed by atoms with Gasteiger partial charge < -0.3 is 9.84 Å². The second kappa shape index (κ2) is 5.87. The Morgan fingerprint density at radius 2 is 1.89 bits per heavy atom. The smallest absolute Gasteiger partial charge is 0.333 e. The lowest BCUT2D eigenvalue weighted by molar-refractivity contribution is -0.153. The maximum Gasteiger partial charge on any atom is 0.333 e. The van der Waals surface area contributed by atoms with Crippen molar-refractivity contribution in [2.75, 3.05) is 6.61 Å². The van der Waals surface area contributed by atoms with Crippen LogP contribution in [0.5, 0.6) is 0 Å². The van der Waals surface area contributed by atoms with Crippen molar-refractivity contribution in [3.05, 3.63) is 12.2 Å². The van der Waals surface area contributed by atoms with Crippen LogP contribution >= 0.6 is 0 Å². The number of carbonyl (C=O) groups is 1. The first kappa shape index (κ1) is 13.6. The molecule has 2 aliphatic carbocycles. The van der Waals surface area contributed by atoms with Crippen molar-refractivity contribution in [3.8, 4) is 0 Å². The van der Waals surface area contributed by atoms with Gasteiger partial charge in [-0.1, -0.05) is 13.0 Å². The number of aliphatic hydroxyl groups is 1. The van der Waals surface area contributed by atoms with E-state index in [1.54, 1.807) is 6.92 Å². The minimum Gasteiger partial charge on any atom is -0.459 e. The van der Waals surface area contributed by atoms with Crippen molar-refractivity contribution < 1.29 is 14.6 Å². The maximum absolute atomic E-state index is 11.7. The molecule has 4 unspecified atom stereocenters. The summed E-state index contributed by atoms with van der Waals surface area (Å²) in [4.78, 5) is 11.7. The van der Waals surface area contributed by atoms with Crippen LogP contribution in [-0.4, -0.2) is 23.8 Å². The fourth-order valence-electron chi connectivity index (χ4n) is 3.68. The predicted molar refractivity (Wildman–Crippen MR) is 70.0 cm³/mol. The summed E-state index contributed by atoms with van der Waals surface area (Å²) >= 11 is 0. The van der Waals surface area contributed by atoms with Gasteiger partial charge in [-0.05, 0) is 56.8 Å². The molecule has 0 spiro atoms. The normalized spacial score (nSPS) is 35.7. The van der Waals surface area contributed by atoms with Crippen LogP contribution in [0.15, 0.2) is 12.2 Å². The highest BCUT2D eigenvalue weighted by Crippen LogP contribution is 2.44. The number of hydrogen-bond acceptors (Lipinski definition) is 3. The number of fused-ring (bicyclic) bond motifs is 1. The molecule has 18 heavy (non-hydrogen) atoms. The molecule has 3 heteroatoms. The highest BCUT2D eigenvalue weighted by Gasteiger charge is 2.41. The van der Waals surface area contributed by atoms with E-state index in [2.05, 4.69) is 6.58 Å². The van der Waals surface area contributed by atoms with E-state index in [1.807, 2.05) is 0 Å².